The maximum Gasteiger partial charge on any atom is 0.328 e. The van der Waals surface area contributed by atoms with Gasteiger partial charge in [-0.2, -0.15) is 0 Å². The van der Waals surface area contributed by atoms with Gasteiger partial charge in [-0.15, -0.1) is 0 Å². The minimum absolute atomic E-state index is 0.460. The molecule has 0 aromatic carbocycles. The number of aliphatic carboxylic acids is 1. The summed E-state index contributed by atoms with van der Waals surface area (Å²) in [5.74, 6) is -1.26. The molecule has 0 aliphatic heterocycles. The molecule has 0 aromatic rings. The highest BCUT2D eigenvalue weighted by atomic mass is 16.4. The van der Waals surface area contributed by atoms with Gasteiger partial charge in [-0.1, -0.05) is 0 Å². The number of carbonyl (C=O) groups excluding carboxylic acids is 1. The van der Waals surface area contributed by atoms with Crippen LogP contribution in [0, 0.1) is 0 Å². The van der Waals surface area contributed by atoms with E-state index < -0.39 is 24.6 Å². The quantitative estimate of drug-likeness (QED) is 0.409. The molecule has 0 aliphatic carbocycles. The minimum Gasteiger partial charge on any atom is -0.480 e. The Morgan fingerprint density at radius 1 is 1.38 bits per heavy atom. The van der Waals surface area contributed by atoms with Gasteiger partial charge in [0.2, 0.25) is 0 Å². The van der Waals surface area contributed by atoms with Crippen molar-refractivity contribution in [3.8, 4) is 0 Å². The molecular formula is C9H19N3O4. The molecule has 7 nitrogen and oxygen atoms in total. The SMILES string of the molecule is CN(C)CCCNC(=O)NC(CO)C(=O)O. The van der Waals surface area contributed by atoms with E-state index >= 15 is 0 Å². The predicted molar refractivity (Wildman–Crippen MR) is 58.2 cm³/mol. The Hall–Kier alpha value is -1.34. The molecule has 0 saturated carbocycles. The number of urea groups is 1. The van der Waals surface area contributed by atoms with E-state index in [0.717, 1.165) is 13.0 Å². The number of nitrogens with zero attached hydrogens (tertiary/aromatic N) is 1. The Kier molecular flexibility index (Phi) is 7.23. The van der Waals surface area contributed by atoms with Gasteiger partial charge < -0.3 is 25.7 Å². The van der Waals surface area contributed by atoms with Gasteiger partial charge >= 0.3 is 12.0 Å². The second kappa shape index (κ2) is 7.89. The number of carboxylic acid groups (broad SMARTS) is 1. The van der Waals surface area contributed by atoms with Crippen molar-refractivity contribution in [2.75, 3.05) is 33.8 Å². The fourth-order valence-corrected chi connectivity index (χ4v) is 0.992. The molecule has 0 heterocycles. The van der Waals surface area contributed by atoms with E-state index in [9.17, 15) is 9.59 Å². The average Bonchev–Trinajstić information content (AvgIpc) is 2.20. The molecule has 0 rings (SSSR count). The van der Waals surface area contributed by atoms with Gasteiger partial charge in [0, 0.05) is 6.54 Å². The monoisotopic (exact) mass is 233 g/mol. The topological polar surface area (TPSA) is 102 Å². The van der Waals surface area contributed by atoms with Crippen LogP contribution >= 0.6 is 0 Å². The lowest BCUT2D eigenvalue weighted by molar-refractivity contribution is -0.140. The van der Waals surface area contributed by atoms with Crippen LogP contribution in [0.5, 0.6) is 0 Å². The van der Waals surface area contributed by atoms with E-state index in [1.54, 1.807) is 0 Å². The lowest BCUT2D eigenvalue weighted by atomic mass is 10.3. The molecule has 7 heteroatoms. The fraction of sp³-hybridized carbons (Fsp3) is 0.778. The molecule has 1 unspecified atom stereocenters. The first-order chi connectivity index (χ1) is 7.47. The Labute approximate surface area is 94.4 Å². The first kappa shape index (κ1) is 14.7. The summed E-state index contributed by atoms with van der Waals surface area (Å²) in [4.78, 5) is 23.6. The van der Waals surface area contributed by atoms with Crippen molar-refractivity contribution in [2.24, 2.45) is 0 Å². The molecule has 16 heavy (non-hydrogen) atoms. The van der Waals surface area contributed by atoms with Gasteiger partial charge in [0.15, 0.2) is 6.04 Å². The van der Waals surface area contributed by atoms with E-state index in [1.807, 2.05) is 19.0 Å². The maximum atomic E-state index is 11.2. The number of hydrogen-bond acceptors (Lipinski definition) is 4. The minimum atomic E-state index is -1.26. The van der Waals surface area contributed by atoms with E-state index in [2.05, 4.69) is 10.6 Å². The van der Waals surface area contributed by atoms with Crippen molar-refractivity contribution < 1.29 is 19.8 Å². The third kappa shape index (κ3) is 7.02. The third-order valence-corrected chi connectivity index (χ3v) is 1.85. The van der Waals surface area contributed by atoms with Crippen molar-refractivity contribution in [1.82, 2.24) is 15.5 Å². The van der Waals surface area contributed by atoms with Gasteiger partial charge in [0.05, 0.1) is 6.61 Å². The summed E-state index contributed by atoms with van der Waals surface area (Å²) in [6, 6.07) is -1.84. The number of amides is 2. The van der Waals surface area contributed by atoms with Crippen molar-refractivity contribution in [3.05, 3.63) is 0 Å². The van der Waals surface area contributed by atoms with Crippen molar-refractivity contribution in [2.45, 2.75) is 12.5 Å². The van der Waals surface area contributed by atoms with Gasteiger partial charge in [-0.05, 0) is 27.1 Å². The Bertz CT molecular complexity index is 233. The molecule has 0 radical (unpaired) electrons. The largest absolute Gasteiger partial charge is 0.480 e. The van der Waals surface area contributed by atoms with Gasteiger partial charge in [-0.3, -0.25) is 0 Å². The molecule has 1 atom stereocenters. The lowest BCUT2D eigenvalue weighted by Crippen LogP contribution is -2.48. The Balaban J connectivity index is 3.69. The van der Waals surface area contributed by atoms with Crippen LogP contribution in [0.3, 0.4) is 0 Å². The number of hydrogen-bond donors (Lipinski definition) is 4. The Morgan fingerprint density at radius 3 is 2.44 bits per heavy atom. The van der Waals surface area contributed by atoms with Crippen LogP contribution in [0.1, 0.15) is 6.42 Å². The summed E-state index contributed by atoms with van der Waals surface area (Å²) in [6.45, 7) is 0.671. The molecule has 0 spiro atoms. The first-order valence-electron chi connectivity index (χ1n) is 5.00. The second-order valence-corrected chi connectivity index (χ2v) is 3.63. The number of aliphatic hydroxyl groups is 1. The predicted octanol–water partition coefficient (Wildman–Crippen LogP) is -1.32. The van der Waals surface area contributed by atoms with Crippen LogP contribution < -0.4 is 10.6 Å². The third-order valence-electron chi connectivity index (χ3n) is 1.85. The fourth-order valence-electron chi connectivity index (χ4n) is 0.992. The zero-order valence-electron chi connectivity index (χ0n) is 9.56. The van der Waals surface area contributed by atoms with Crippen LogP contribution in [0.2, 0.25) is 0 Å². The Morgan fingerprint density at radius 2 is 2.00 bits per heavy atom. The molecule has 0 saturated heterocycles. The summed E-state index contributed by atoms with van der Waals surface area (Å²) >= 11 is 0. The highest BCUT2D eigenvalue weighted by molar-refractivity contribution is 5.82. The molecule has 94 valence electrons. The molecule has 2 amide bonds. The average molecular weight is 233 g/mol. The molecule has 0 bridgehead atoms. The highest BCUT2D eigenvalue weighted by Gasteiger charge is 2.17. The first-order valence-corrected chi connectivity index (χ1v) is 5.00. The van der Waals surface area contributed by atoms with Gasteiger partial charge in [0.1, 0.15) is 0 Å². The zero-order chi connectivity index (χ0) is 12.6. The maximum absolute atomic E-state index is 11.2. The van der Waals surface area contributed by atoms with Crippen LogP contribution in [0.4, 0.5) is 4.79 Å². The van der Waals surface area contributed by atoms with E-state index in [-0.39, 0.29) is 0 Å². The highest BCUT2D eigenvalue weighted by Crippen LogP contribution is 1.84. The normalized spacial score (nSPS) is 12.2. The standard InChI is InChI=1S/C9H19N3O4/c1-12(2)5-3-4-10-9(16)11-7(6-13)8(14)15/h7,13H,3-6H2,1-2H3,(H,14,15)(H2,10,11,16). The van der Waals surface area contributed by atoms with Crippen LogP contribution in [0.15, 0.2) is 0 Å². The van der Waals surface area contributed by atoms with Crippen LogP contribution in [0.25, 0.3) is 0 Å². The number of nitrogens with one attached hydrogen (secondary N) is 2. The smallest absolute Gasteiger partial charge is 0.328 e. The van der Waals surface area contributed by atoms with Crippen LogP contribution in [-0.4, -0.2) is 66.9 Å². The summed E-state index contributed by atoms with van der Waals surface area (Å²) < 4.78 is 0. The van der Waals surface area contributed by atoms with Crippen LogP contribution in [-0.2, 0) is 4.79 Å². The van der Waals surface area contributed by atoms with Crippen molar-refractivity contribution in [1.29, 1.82) is 0 Å². The molecule has 4 N–H and O–H groups in total. The summed E-state index contributed by atoms with van der Waals surface area (Å²) in [5.41, 5.74) is 0. The summed E-state index contributed by atoms with van der Waals surface area (Å²) in [7, 11) is 3.85. The number of carbonyl (C=O) groups is 2. The molecular weight excluding hydrogens is 214 g/mol. The summed E-state index contributed by atoms with van der Waals surface area (Å²) in [6.07, 6.45) is 0.775. The van der Waals surface area contributed by atoms with E-state index in [4.69, 9.17) is 10.2 Å². The molecule has 0 fully saturated rings. The van der Waals surface area contributed by atoms with Crippen molar-refractivity contribution in [3.63, 3.8) is 0 Å². The van der Waals surface area contributed by atoms with E-state index in [1.165, 1.54) is 0 Å². The van der Waals surface area contributed by atoms with Gasteiger partial charge in [0.25, 0.3) is 0 Å². The number of rotatable bonds is 7. The van der Waals surface area contributed by atoms with E-state index in [0.29, 0.717) is 6.54 Å². The zero-order valence-corrected chi connectivity index (χ0v) is 9.56. The number of carboxylic acids is 1. The number of aliphatic hydroxyl groups excluding tert-OH is 1. The lowest BCUT2D eigenvalue weighted by Gasteiger charge is -2.13. The second-order valence-electron chi connectivity index (χ2n) is 3.63. The molecule has 0 aromatic heterocycles. The van der Waals surface area contributed by atoms with Gasteiger partial charge in [-0.25, -0.2) is 9.59 Å². The molecule has 0 aliphatic rings. The van der Waals surface area contributed by atoms with Crippen molar-refractivity contribution >= 4 is 12.0 Å². The summed E-state index contributed by atoms with van der Waals surface area (Å²) in [5, 5.41) is 21.9.